The minimum Gasteiger partial charge on any atom is -0.357 e. The monoisotopic (exact) mass is 581 g/mol. The molecule has 1 N–H and O–H groups in total. The van der Waals surface area contributed by atoms with Gasteiger partial charge in [-0.2, -0.15) is 0 Å². The molecular weight excluding hydrogens is 557 g/mol. The topological polar surface area (TPSA) is 86.8 Å². The summed E-state index contributed by atoms with van der Waals surface area (Å²) in [4.78, 5) is 27.6. The highest BCUT2D eigenvalue weighted by Gasteiger charge is 2.33. The largest absolute Gasteiger partial charge is 0.357 e. The van der Waals surface area contributed by atoms with Gasteiger partial charge < -0.3 is 10.2 Å². The van der Waals surface area contributed by atoms with Gasteiger partial charge in [0.2, 0.25) is 11.8 Å². The van der Waals surface area contributed by atoms with Crippen molar-refractivity contribution >= 4 is 62.3 Å². The van der Waals surface area contributed by atoms with E-state index in [1.807, 2.05) is 6.92 Å². The maximum atomic E-state index is 13.8. The highest BCUT2D eigenvalue weighted by molar-refractivity contribution is 7.92. The van der Waals surface area contributed by atoms with E-state index in [2.05, 4.69) is 5.32 Å². The van der Waals surface area contributed by atoms with Crippen LogP contribution in [-0.4, -0.2) is 44.8 Å². The number of hydrogen-bond acceptors (Lipinski definition) is 4. The van der Waals surface area contributed by atoms with Crippen LogP contribution in [0.3, 0.4) is 0 Å². The number of anilines is 1. The number of hydrogen-bond donors (Lipinski definition) is 1. The van der Waals surface area contributed by atoms with E-state index < -0.39 is 34.4 Å². The fourth-order valence-electron chi connectivity index (χ4n) is 3.64. The molecule has 0 saturated heterocycles. The molecule has 0 bridgehead atoms. The number of sulfonamides is 1. The normalized spacial score (nSPS) is 12.1. The summed E-state index contributed by atoms with van der Waals surface area (Å²) in [5.41, 5.74) is 1.52. The Kier molecular flexibility index (Phi) is 9.47. The predicted molar refractivity (Wildman–Crippen MR) is 148 cm³/mol. The first-order valence-electron chi connectivity index (χ1n) is 11.2. The summed E-state index contributed by atoms with van der Waals surface area (Å²) < 4.78 is 28.4. The van der Waals surface area contributed by atoms with Crippen molar-refractivity contribution in [3.05, 3.63) is 92.9 Å². The lowest BCUT2D eigenvalue weighted by molar-refractivity contribution is -0.139. The molecule has 0 saturated carbocycles. The Hall–Kier alpha value is -2.78. The Balaban J connectivity index is 2.07. The van der Waals surface area contributed by atoms with E-state index in [9.17, 15) is 18.0 Å². The zero-order valence-corrected chi connectivity index (χ0v) is 23.5. The van der Waals surface area contributed by atoms with Crippen LogP contribution in [0.2, 0.25) is 15.1 Å². The third kappa shape index (κ3) is 6.76. The smallest absolute Gasteiger partial charge is 0.264 e. The summed E-state index contributed by atoms with van der Waals surface area (Å²) in [7, 11) is -2.73. The number of benzene rings is 3. The number of rotatable bonds is 9. The Labute approximate surface area is 232 Å². The van der Waals surface area contributed by atoms with E-state index in [1.165, 1.54) is 30.1 Å². The molecule has 0 aliphatic carbocycles. The van der Waals surface area contributed by atoms with Crippen LogP contribution in [0.5, 0.6) is 0 Å². The van der Waals surface area contributed by atoms with Crippen molar-refractivity contribution in [3.63, 3.8) is 0 Å². The van der Waals surface area contributed by atoms with Crippen molar-refractivity contribution in [1.82, 2.24) is 10.2 Å². The first kappa shape index (κ1) is 28.8. The number of amides is 2. The summed E-state index contributed by atoms with van der Waals surface area (Å²) in [6.07, 6.45) is 0. The van der Waals surface area contributed by atoms with Gasteiger partial charge in [-0.15, -0.1) is 0 Å². The van der Waals surface area contributed by atoms with Crippen molar-refractivity contribution in [2.24, 2.45) is 0 Å². The van der Waals surface area contributed by atoms with E-state index >= 15 is 0 Å². The Morgan fingerprint density at radius 1 is 0.946 bits per heavy atom. The van der Waals surface area contributed by atoms with Crippen molar-refractivity contribution in [3.8, 4) is 0 Å². The quantitative estimate of drug-likeness (QED) is 0.370. The van der Waals surface area contributed by atoms with Gasteiger partial charge in [-0.3, -0.25) is 13.9 Å². The Bertz CT molecular complexity index is 1380. The van der Waals surface area contributed by atoms with Crippen molar-refractivity contribution in [2.75, 3.05) is 17.9 Å². The van der Waals surface area contributed by atoms with Crippen LogP contribution < -0.4 is 9.62 Å². The van der Waals surface area contributed by atoms with Crippen LogP contribution in [0.25, 0.3) is 0 Å². The van der Waals surface area contributed by atoms with Crippen LogP contribution in [0, 0.1) is 6.92 Å². The molecule has 0 aliphatic rings. The Morgan fingerprint density at radius 3 is 2.11 bits per heavy atom. The molecular formula is C26H26Cl3N3O4S. The third-order valence-electron chi connectivity index (χ3n) is 5.79. The number of carbonyl (C=O) groups is 2. The summed E-state index contributed by atoms with van der Waals surface area (Å²) in [6, 6.07) is 16.4. The SMILES string of the molecule is CNC(=O)C(C)N(Cc1c(Cl)cccc1Cl)C(=O)CN(c1cccc(Cl)c1)S(=O)(=O)c1ccc(C)cc1. The minimum atomic E-state index is -4.18. The van der Waals surface area contributed by atoms with Gasteiger partial charge in [0.05, 0.1) is 10.6 Å². The molecule has 3 rings (SSSR count). The predicted octanol–water partition coefficient (Wildman–Crippen LogP) is 5.31. The molecule has 0 aromatic heterocycles. The molecule has 1 atom stereocenters. The molecule has 0 heterocycles. The fourth-order valence-corrected chi connectivity index (χ4v) is 5.75. The van der Waals surface area contributed by atoms with E-state index in [0.29, 0.717) is 20.6 Å². The molecule has 2 amide bonds. The van der Waals surface area contributed by atoms with Gasteiger partial charge in [0.25, 0.3) is 10.0 Å². The molecule has 11 heteroatoms. The molecule has 3 aromatic rings. The maximum absolute atomic E-state index is 13.8. The van der Waals surface area contributed by atoms with Gasteiger partial charge >= 0.3 is 0 Å². The van der Waals surface area contributed by atoms with Gasteiger partial charge in [0.1, 0.15) is 12.6 Å². The summed E-state index contributed by atoms with van der Waals surface area (Å²) >= 11 is 18.8. The van der Waals surface area contributed by atoms with Gasteiger partial charge in [0.15, 0.2) is 0 Å². The summed E-state index contributed by atoms with van der Waals surface area (Å²) in [6.45, 7) is 2.67. The zero-order chi connectivity index (χ0) is 27.3. The van der Waals surface area contributed by atoms with Crippen molar-refractivity contribution < 1.29 is 18.0 Å². The number of halogens is 3. The van der Waals surface area contributed by atoms with Crippen LogP contribution >= 0.6 is 34.8 Å². The molecule has 1 unspecified atom stereocenters. The Morgan fingerprint density at radius 2 is 1.54 bits per heavy atom. The molecule has 0 fully saturated rings. The zero-order valence-electron chi connectivity index (χ0n) is 20.4. The van der Waals surface area contributed by atoms with E-state index in [4.69, 9.17) is 34.8 Å². The van der Waals surface area contributed by atoms with Gasteiger partial charge in [-0.25, -0.2) is 8.42 Å². The standard InChI is InChI=1S/C26H26Cl3N3O4S/c1-17-10-12-21(13-11-17)37(35,36)32(20-7-4-6-19(27)14-20)16-25(33)31(18(2)26(34)30-3)15-22-23(28)8-5-9-24(22)29/h4-14,18H,15-16H2,1-3H3,(H,30,34). The first-order chi connectivity index (χ1) is 17.4. The lowest BCUT2D eigenvalue weighted by Gasteiger charge is -2.32. The van der Waals surface area contributed by atoms with E-state index in [-0.39, 0.29) is 17.1 Å². The third-order valence-corrected chi connectivity index (χ3v) is 8.52. The molecule has 0 radical (unpaired) electrons. The molecule has 0 spiro atoms. The minimum absolute atomic E-state index is 0.00548. The number of likely N-dealkylation sites (N-methyl/N-ethyl adjacent to an activating group) is 1. The lowest BCUT2D eigenvalue weighted by atomic mass is 10.1. The van der Waals surface area contributed by atoms with Crippen molar-refractivity contribution in [2.45, 2.75) is 31.3 Å². The number of nitrogens with zero attached hydrogens (tertiary/aromatic N) is 2. The second-order valence-corrected chi connectivity index (χ2v) is 11.4. The number of nitrogens with one attached hydrogen (secondary N) is 1. The highest BCUT2D eigenvalue weighted by Crippen LogP contribution is 2.29. The summed E-state index contributed by atoms with van der Waals surface area (Å²) in [5.74, 6) is -1.07. The summed E-state index contributed by atoms with van der Waals surface area (Å²) in [5, 5.41) is 3.45. The van der Waals surface area contributed by atoms with Gasteiger partial charge in [-0.05, 0) is 56.3 Å². The second kappa shape index (κ2) is 12.2. The van der Waals surface area contributed by atoms with Crippen LogP contribution in [0.15, 0.2) is 71.6 Å². The number of carbonyl (C=O) groups excluding carboxylic acids is 2. The van der Waals surface area contributed by atoms with Crippen LogP contribution in [0.4, 0.5) is 5.69 Å². The first-order valence-corrected chi connectivity index (χ1v) is 13.8. The van der Waals surface area contributed by atoms with E-state index in [1.54, 1.807) is 55.5 Å². The highest BCUT2D eigenvalue weighted by atomic mass is 35.5. The maximum Gasteiger partial charge on any atom is 0.264 e. The molecule has 7 nitrogen and oxygen atoms in total. The number of aryl methyl sites for hydroxylation is 1. The lowest BCUT2D eigenvalue weighted by Crippen LogP contribution is -2.50. The van der Waals surface area contributed by atoms with Crippen molar-refractivity contribution in [1.29, 1.82) is 0 Å². The molecule has 37 heavy (non-hydrogen) atoms. The van der Waals surface area contributed by atoms with Gasteiger partial charge in [0, 0.05) is 34.2 Å². The molecule has 0 aliphatic heterocycles. The molecule has 3 aromatic carbocycles. The van der Waals surface area contributed by atoms with Crippen LogP contribution in [0.1, 0.15) is 18.1 Å². The van der Waals surface area contributed by atoms with Crippen LogP contribution in [-0.2, 0) is 26.2 Å². The molecule has 196 valence electrons. The fraction of sp³-hybridized carbons (Fsp3) is 0.231. The van der Waals surface area contributed by atoms with E-state index in [0.717, 1.165) is 9.87 Å². The second-order valence-electron chi connectivity index (χ2n) is 8.32. The average molecular weight is 583 g/mol. The average Bonchev–Trinajstić information content (AvgIpc) is 2.86. The van der Waals surface area contributed by atoms with Gasteiger partial charge in [-0.1, -0.05) is 64.6 Å².